The molecule has 0 saturated carbocycles. The van der Waals surface area contributed by atoms with Gasteiger partial charge in [0.25, 0.3) is 0 Å². The Morgan fingerprint density at radius 3 is 2.83 bits per heavy atom. The van der Waals surface area contributed by atoms with Crippen LogP contribution in [0.5, 0.6) is 0 Å². The predicted octanol–water partition coefficient (Wildman–Crippen LogP) is 2.23. The molecule has 30 heavy (non-hydrogen) atoms. The first kappa shape index (κ1) is 22.4. The number of anilines is 2. The molecule has 2 heterocycles. The van der Waals surface area contributed by atoms with Gasteiger partial charge in [0.15, 0.2) is 5.69 Å². The molecule has 1 fully saturated rings. The van der Waals surface area contributed by atoms with Crippen molar-refractivity contribution in [1.82, 2.24) is 14.6 Å². The van der Waals surface area contributed by atoms with Crippen molar-refractivity contribution < 1.29 is 26.8 Å². The summed E-state index contributed by atoms with van der Waals surface area (Å²) in [6.07, 6.45) is 0. The van der Waals surface area contributed by atoms with E-state index in [1.54, 1.807) is 6.92 Å². The maximum absolute atomic E-state index is 13.4. The van der Waals surface area contributed by atoms with Gasteiger partial charge < -0.3 is 15.8 Å². The fraction of sp³-hybridized carbons (Fsp3) is 0.438. The molecule has 164 valence electrons. The highest BCUT2D eigenvalue weighted by atomic mass is 79.9. The highest BCUT2D eigenvalue weighted by Crippen LogP contribution is 2.33. The highest BCUT2D eigenvalue weighted by Gasteiger charge is 2.45. The van der Waals surface area contributed by atoms with Crippen molar-refractivity contribution in [3.05, 3.63) is 34.2 Å². The molecule has 3 rings (SSSR count). The van der Waals surface area contributed by atoms with Gasteiger partial charge in [-0.2, -0.15) is 12.7 Å². The van der Waals surface area contributed by atoms with Crippen molar-refractivity contribution in [2.45, 2.75) is 13.8 Å². The molecule has 1 aromatic carbocycles. The average Bonchev–Trinajstić information content (AvgIpc) is 3.13. The minimum Gasteiger partial charge on any atom is -0.409 e. The topological polar surface area (TPSA) is 142 Å². The molecule has 0 bridgehead atoms. The van der Waals surface area contributed by atoms with E-state index in [1.807, 2.05) is 6.92 Å². The van der Waals surface area contributed by atoms with Gasteiger partial charge in [-0.3, -0.25) is 4.18 Å². The number of amidine groups is 1. The summed E-state index contributed by atoms with van der Waals surface area (Å²) in [6, 6.07) is 4.15. The Morgan fingerprint density at radius 2 is 2.20 bits per heavy atom. The Kier molecular flexibility index (Phi) is 6.59. The Morgan fingerprint density at radius 1 is 1.47 bits per heavy atom. The number of hydrogen-bond acceptors (Lipinski definition) is 9. The van der Waals surface area contributed by atoms with E-state index >= 15 is 0 Å². The zero-order chi connectivity index (χ0) is 21.9. The summed E-state index contributed by atoms with van der Waals surface area (Å²) in [5.74, 6) is -0.317. The third kappa shape index (κ3) is 4.88. The first-order valence-corrected chi connectivity index (χ1v) is 11.0. The van der Waals surface area contributed by atoms with E-state index in [9.17, 15) is 18.0 Å². The molecule has 0 aliphatic carbocycles. The standard InChI is InChI=1S/C16H20BrFN6O5S/c1-3-28-30(26,27)24-8-16(2,9-24)7-19-14-13(22-29-23-14)15(21-25)20-10-4-5-12(18)11(17)6-10/h4-6,25H,3,7-9H2,1-2H3,(H,19,23)(H,20,21). The van der Waals surface area contributed by atoms with Gasteiger partial charge in [-0.05, 0) is 51.4 Å². The number of rotatable bonds is 8. The van der Waals surface area contributed by atoms with E-state index in [4.69, 9.17) is 8.81 Å². The van der Waals surface area contributed by atoms with E-state index in [1.165, 1.54) is 22.5 Å². The van der Waals surface area contributed by atoms with Crippen LogP contribution >= 0.6 is 15.9 Å². The lowest BCUT2D eigenvalue weighted by atomic mass is 9.84. The molecule has 0 amide bonds. The van der Waals surface area contributed by atoms with E-state index in [0.717, 1.165) is 0 Å². The molecule has 0 radical (unpaired) electrons. The van der Waals surface area contributed by atoms with Gasteiger partial charge in [0.2, 0.25) is 11.7 Å². The van der Waals surface area contributed by atoms with Gasteiger partial charge in [-0.15, -0.1) is 0 Å². The van der Waals surface area contributed by atoms with Crippen LogP contribution in [0.25, 0.3) is 0 Å². The molecule has 0 unspecified atom stereocenters. The van der Waals surface area contributed by atoms with Crippen molar-refractivity contribution in [3.63, 3.8) is 0 Å². The summed E-state index contributed by atoms with van der Waals surface area (Å²) < 4.78 is 48.2. The van der Waals surface area contributed by atoms with Gasteiger partial charge >= 0.3 is 10.3 Å². The van der Waals surface area contributed by atoms with Crippen LogP contribution in [0, 0.1) is 11.2 Å². The van der Waals surface area contributed by atoms with Crippen LogP contribution in [-0.4, -0.2) is 60.3 Å². The van der Waals surface area contributed by atoms with Gasteiger partial charge in [-0.25, -0.2) is 9.02 Å². The van der Waals surface area contributed by atoms with Crippen LogP contribution in [-0.2, 0) is 14.5 Å². The van der Waals surface area contributed by atoms with Crippen LogP contribution in [0.2, 0.25) is 0 Å². The van der Waals surface area contributed by atoms with Crippen LogP contribution < -0.4 is 10.6 Å². The molecule has 0 atom stereocenters. The number of halogens is 2. The summed E-state index contributed by atoms with van der Waals surface area (Å²) in [4.78, 5) is 0. The molecule has 1 aromatic heterocycles. The number of hydrogen-bond donors (Lipinski definition) is 3. The summed E-state index contributed by atoms with van der Waals surface area (Å²) >= 11 is 3.08. The maximum Gasteiger partial charge on any atom is 0.338 e. The Bertz CT molecular complexity index is 1040. The number of nitrogens with zero attached hydrogens (tertiary/aromatic N) is 4. The first-order chi connectivity index (χ1) is 14.2. The fourth-order valence-corrected chi connectivity index (χ4v) is 4.66. The second-order valence-electron chi connectivity index (χ2n) is 6.96. The van der Waals surface area contributed by atoms with E-state index in [-0.39, 0.29) is 46.9 Å². The van der Waals surface area contributed by atoms with Crippen molar-refractivity contribution in [3.8, 4) is 0 Å². The van der Waals surface area contributed by atoms with Crippen molar-refractivity contribution in [2.75, 3.05) is 36.9 Å². The molecule has 2 aromatic rings. The van der Waals surface area contributed by atoms with Gasteiger partial charge in [0, 0.05) is 30.7 Å². The summed E-state index contributed by atoms with van der Waals surface area (Å²) in [6.45, 7) is 4.48. The van der Waals surface area contributed by atoms with Crippen molar-refractivity contribution in [2.24, 2.45) is 10.6 Å². The molecule has 1 saturated heterocycles. The minimum atomic E-state index is -3.72. The maximum atomic E-state index is 13.4. The van der Waals surface area contributed by atoms with Gasteiger partial charge in [0.05, 0.1) is 11.1 Å². The lowest BCUT2D eigenvalue weighted by Crippen LogP contribution is -2.59. The summed E-state index contributed by atoms with van der Waals surface area (Å²) in [7, 11) is -3.72. The van der Waals surface area contributed by atoms with Crippen LogP contribution in [0.4, 0.5) is 15.9 Å². The quantitative estimate of drug-likeness (QED) is 0.212. The molecule has 0 spiro atoms. The number of oxime groups is 1. The molecular formula is C16H20BrFN6O5S. The van der Waals surface area contributed by atoms with Gasteiger partial charge in [0.1, 0.15) is 5.82 Å². The average molecular weight is 507 g/mol. The van der Waals surface area contributed by atoms with Gasteiger partial charge in [-0.1, -0.05) is 12.1 Å². The molecule has 14 heteroatoms. The zero-order valence-electron chi connectivity index (χ0n) is 16.1. The van der Waals surface area contributed by atoms with Crippen LogP contribution in [0.1, 0.15) is 19.5 Å². The number of benzene rings is 1. The van der Waals surface area contributed by atoms with Crippen LogP contribution in [0.15, 0.2) is 32.5 Å². The Labute approximate surface area is 180 Å². The molecule has 1 aliphatic rings. The zero-order valence-corrected chi connectivity index (χ0v) is 18.5. The summed E-state index contributed by atoms with van der Waals surface area (Å²) in [5, 5.41) is 25.9. The van der Waals surface area contributed by atoms with E-state index in [0.29, 0.717) is 12.2 Å². The van der Waals surface area contributed by atoms with Crippen molar-refractivity contribution >= 4 is 43.6 Å². The normalized spacial score (nSPS) is 16.9. The number of aromatic nitrogens is 2. The molecular weight excluding hydrogens is 487 g/mol. The fourth-order valence-electron chi connectivity index (χ4n) is 2.90. The number of nitrogens with one attached hydrogen (secondary N) is 2. The summed E-state index contributed by atoms with van der Waals surface area (Å²) in [5.41, 5.74) is 0.166. The van der Waals surface area contributed by atoms with Crippen molar-refractivity contribution in [1.29, 1.82) is 0 Å². The smallest absolute Gasteiger partial charge is 0.338 e. The second-order valence-corrected chi connectivity index (χ2v) is 9.42. The predicted molar refractivity (Wildman–Crippen MR) is 109 cm³/mol. The largest absolute Gasteiger partial charge is 0.409 e. The third-order valence-corrected chi connectivity index (χ3v) is 6.41. The van der Waals surface area contributed by atoms with E-state index in [2.05, 4.69) is 42.0 Å². The third-order valence-electron chi connectivity index (χ3n) is 4.38. The monoisotopic (exact) mass is 506 g/mol. The molecule has 11 nitrogen and oxygen atoms in total. The minimum absolute atomic E-state index is 0.0721. The Balaban J connectivity index is 1.64. The van der Waals surface area contributed by atoms with Crippen LogP contribution in [0.3, 0.4) is 0 Å². The van der Waals surface area contributed by atoms with E-state index < -0.39 is 16.1 Å². The first-order valence-electron chi connectivity index (χ1n) is 8.83. The molecule has 1 aliphatic heterocycles. The second kappa shape index (κ2) is 8.83. The lowest BCUT2D eigenvalue weighted by Gasteiger charge is -2.46. The lowest BCUT2D eigenvalue weighted by molar-refractivity contribution is 0.0875. The molecule has 3 N–H and O–H groups in total. The SMILES string of the molecule is CCOS(=O)(=O)N1CC(C)(CNc2nonc2/C(=N/O)Nc2ccc(F)c(Br)c2)C1. The Hall–Kier alpha value is -2.29. The highest BCUT2D eigenvalue weighted by molar-refractivity contribution is 9.10.